The molecular weight excluding hydrogens is 550 g/mol. The Labute approximate surface area is 258 Å². The van der Waals surface area contributed by atoms with Crippen molar-refractivity contribution in [1.82, 2.24) is 4.90 Å². The fourth-order valence-corrected chi connectivity index (χ4v) is 4.71. The Morgan fingerprint density at radius 2 is 1.07 bits per heavy atom. The molecule has 0 saturated carbocycles. The molecule has 9 heteroatoms. The fourth-order valence-electron chi connectivity index (χ4n) is 4.71. The van der Waals surface area contributed by atoms with Crippen molar-refractivity contribution in [2.45, 2.75) is 124 Å². The zero-order valence-corrected chi connectivity index (χ0v) is 26.8. The van der Waals surface area contributed by atoms with Crippen LogP contribution in [0, 0.1) is 0 Å². The lowest BCUT2D eigenvalue weighted by Crippen LogP contribution is -2.43. The predicted octanol–water partition coefficient (Wildman–Crippen LogP) is 7.38. The first-order chi connectivity index (χ1) is 20.8. The highest BCUT2D eigenvalue weighted by Gasteiger charge is 2.28. The third-order valence-electron chi connectivity index (χ3n) is 7.11. The number of amides is 1. The van der Waals surface area contributed by atoms with E-state index in [4.69, 9.17) is 14.2 Å². The maximum absolute atomic E-state index is 13.2. The number of esters is 1. The number of ether oxygens (including phenoxy) is 3. The summed E-state index contributed by atoms with van der Waals surface area (Å²) in [6.07, 6.45) is 18.6. The van der Waals surface area contributed by atoms with E-state index in [9.17, 15) is 24.3 Å². The number of carbonyl (C=O) groups is 4. The van der Waals surface area contributed by atoms with Crippen molar-refractivity contribution < 1.29 is 38.5 Å². The number of ketones is 1. The van der Waals surface area contributed by atoms with E-state index in [0.717, 1.165) is 38.5 Å². The molecule has 0 aliphatic rings. The zero-order valence-electron chi connectivity index (χ0n) is 26.8. The first-order valence-electron chi connectivity index (χ1n) is 16.4. The molecular formula is C34H55NO8. The summed E-state index contributed by atoms with van der Waals surface area (Å²) in [6.45, 7) is 5.57. The smallest absolute Gasteiger partial charge is 0.325 e. The predicted molar refractivity (Wildman–Crippen MR) is 168 cm³/mol. The molecule has 1 amide bonds. The second-order valence-electron chi connectivity index (χ2n) is 11.0. The first-order valence-corrected chi connectivity index (χ1v) is 16.4. The summed E-state index contributed by atoms with van der Waals surface area (Å²) < 4.78 is 16.7. The Kier molecular flexibility index (Phi) is 21.5. The van der Waals surface area contributed by atoms with E-state index in [2.05, 4.69) is 13.8 Å². The van der Waals surface area contributed by atoms with Crippen molar-refractivity contribution >= 4 is 23.6 Å². The first kappa shape index (κ1) is 37.9. The Morgan fingerprint density at radius 3 is 1.49 bits per heavy atom. The number of aliphatic carboxylic acids is 1. The summed E-state index contributed by atoms with van der Waals surface area (Å²) in [5, 5.41) is 9.24. The zero-order chi connectivity index (χ0) is 31.7. The van der Waals surface area contributed by atoms with Gasteiger partial charge in [0.2, 0.25) is 0 Å². The highest BCUT2D eigenvalue weighted by atomic mass is 16.5. The van der Waals surface area contributed by atoms with Crippen LogP contribution in [0.25, 0.3) is 0 Å². The van der Waals surface area contributed by atoms with Crippen LogP contribution in [0.5, 0.6) is 11.5 Å². The van der Waals surface area contributed by atoms with Gasteiger partial charge in [-0.2, -0.15) is 0 Å². The van der Waals surface area contributed by atoms with E-state index in [1.54, 1.807) is 13.0 Å². The molecule has 0 aliphatic carbocycles. The lowest BCUT2D eigenvalue weighted by molar-refractivity contribution is -0.150. The highest BCUT2D eigenvalue weighted by Crippen LogP contribution is 2.25. The van der Waals surface area contributed by atoms with Crippen LogP contribution in [-0.4, -0.2) is 66.5 Å². The van der Waals surface area contributed by atoms with Crippen LogP contribution in [0.1, 0.15) is 134 Å². The Balaban J connectivity index is 2.86. The van der Waals surface area contributed by atoms with Gasteiger partial charge < -0.3 is 24.2 Å². The summed E-state index contributed by atoms with van der Waals surface area (Å²) in [5.74, 6) is -3.38. The molecule has 43 heavy (non-hydrogen) atoms. The molecule has 244 valence electrons. The Morgan fingerprint density at radius 1 is 0.628 bits per heavy atom. The maximum atomic E-state index is 13.2. The number of Topliss-reactive ketones (excluding diaryl/α,β-unsaturated/α-hetero) is 1. The topological polar surface area (TPSA) is 119 Å². The van der Waals surface area contributed by atoms with Gasteiger partial charge in [0.05, 0.1) is 19.8 Å². The van der Waals surface area contributed by atoms with Gasteiger partial charge in [-0.25, -0.2) is 0 Å². The lowest BCUT2D eigenvalue weighted by atomic mass is 10.1. The van der Waals surface area contributed by atoms with Gasteiger partial charge in [0, 0.05) is 11.6 Å². The minimum absolute atomic E-state index is 0.0172. The van der Waals surface area contributed by atoms with E-state index < -0.39 is 36.7 Å². The highest BCUT2D eigenvalue weighted by molar-refractivity contribution is 6.43. The quantitative estimate of drug-likeness (QED) is 0.0477. The van der Waals surface area contributed by atoms with E-state index >= 15 is 0 Å². The summed E-state index contributed by atoms with van der Waals surface area (Å²) >= 11 is 0. The van der Waals surface area contributed by atoms with Crippen LogP contribution in [-0.2, 0) is 19.1 Å². The molecule has 0 radical (unpaired) electrons. The number of benzene rings is 1. The van der Waals surface area contributed by atoms with Crippen LogP contribution in [0.2, 0.25) is 0 Å². The normalized spacial score (nSPS) is 10.8. The number of unbranched alkanes of at least 4 members (excludes halogenated alkanes) is 14. The minimum atomic E-state index is -1.35. The number of carboxylic acids is 1. The van der Waals surface area contributed by atoms with Gasteiger partial charge in [0.25, 0.3) is 11.7 Å². The molecule has 9 nitrogen and oxygen atoms in total. The number of hydrogen-bond acceptors (Lipinski definition) is 7. The molecule has 0 fully saturated rings. The van der Waals surface area contributed by atoms with E-state index in [1.165, 1.54) is 76.3 Å². The molecule has 1 N–H and O–H groups in total. The van der Waals surface area contributed by atoms with Crippen LogP contribution < -0.4 is 9.47 Å². The van der Waals surface area contributed by atoms with Gasteiger partial charge in [0.15, 0.2) is 0 Å². The molecule has 0 bridgehead atoms. The van der Waals surface area contributed by atoms with Crippen LogP contribution in [0.3, 0.4) is 0 Å². The van der Waals surface area contributed by atoms with Crippen LogP contribution in [0.4, 0.5) is 0 Å². The van der Waals surface area contributed by atoms with Gasteiger partial charge in [-0.3, -0.25) is 19.2 Å². The fraction of sp³-hybridized carbons (Fsp3) is 0.706. The largest absolute Gasteiger partial charge is 0.493 e. The van der Waals surface area contributed by atoms with Gasteiger partial charge in [0.1, 0.15) is 24.6 Å². The second kappa shape index (κ2) is 24.4. The second-order valence-corrected chi connectivity index (χ2v) is 11.0. The van der Waals surface area contributed by atoms with E-state index in [1.807, 2.05) is 0 Å². The van der Waals surface area contributed by atoms with Crippen molar-refractivity contribution in [3.05, 3.63) is 23.8 Å². The monoisotopic (exact) mass is 605 g/mol. The standard InChI is InChI=1S/C34H55NO8/c1-4-7-9-11-13-15-17-19-21-42-29-23-28(24-30(25-29)43-22-20-18-16-14-12-10-8-5-2)33(39)34(40)35(26-31(36)37)27-32(38)41-6-3/h23-25H,4-22,26-27H2,1-3H3,(H,36,37). The SMILES string of the molecule is CCCCCCCCCCOc1cc(OCCCCCCCCCC)cc(C(=O)C(=O)N(CC(=O)O)CC(=O)OCC)c1. The van der Waals surface area contributed by atoms with Crippen molar-refractivity contribution in [2.75, 3.05) is 32.9 Å². The molecule has 0 spiro atoms. The molecule has 1 aromatic carbocycles. The Hall–Kier alpha value is -3.10. The third kappa shape index (κ3) is 18.2. The lowest BCUT2D eigenvalue weighted by Gasteiger charge is -2.19. The van der Waals surface area contributed by atoms with Crippen molar-refractivity contribution in [2.24, 2.45) is 0 Å². The molecule has 1 aromatic rings. The summed E-state index contributed by atoms with van der Waals surface area (Å²) in [4.78, 5) is 50.2. The number of carbonyl (C=O) groups excluding carboxylic acids is 3. The average Bonchev–Trinajstić information content (AvgIpc) is 2.98. The number of nitrogens with zero attached hydrogens (tertiary/aromatic N) is 1. The van der Waals surface area contributed by atoms with Gasteiger partial charge >= 0.3 is 11.9 Å². The van der Waals surface area contributed by atoms with Gasteiger partial charge in [-0.15, -0.1) is 0 Å². The maximum Gasteiger partial charge on any atom is 0.325 e. The van der Waals surface area contributed by atoms with Crippen molar-refractivity contribution in [3.8, 4) is 11.5 Å². The Bertz CT molecular complexity index is 908. The molecule has 0 heterocycles. The van der Waals surface area contributed by atoms with Gasteiger partial charge in [-0.1, -0.05) is 104 Å². The third-order valence-corrected chi connectivity index (χ3v) is 7.11. The summed E-state index contributed by atoms with van der Waals surface area (Å²) in [6, 6.07) is 4.65. The number of rotatable bonds is 27. The van der Waals surface area contributed by atoms with Crippen LogP contribution >= 0.6 is 0 Å². The van der Waals surface area contributed by atoms with Crippen molar-refractivity contribution in [3.63, 3.8) is 0 Å². The minimum Gasteiger partial charge on any atom is -0.493 e. The molecule has 0 saturated heterocycles. The molecule has 0 unspecified atom stereocenters. The molecule has 1 rings (SSSR count). The number of carboxylic acid groups (broad SMARTS) is 1. The number of hydrogen-bond donors (Lipinski definition) is 1. The molecule has 0 atom stereocenters. The summed E-state index contributed by atoms with van der Waals surface area (Å²) in [5.41, 5.74) is 0.0172. The molecule has 0 aliphatic heterocycles. The van der Waals surface area contributed by atoms with E-state index in [0.29, 0.717) is 29.6 Å². The molecule has 0 aromatic heterocycles. The van der Waals surface area contributed by atoms with Gasteiger partial charge in [-0.05, 0) is 31.9 Å². The van der Waals surface area contributed by atoms with E-state index in [-0.39, 0.29) is 12.2 Å². The van der Waals surface area contributed by atoms with Crippen LogP contribution in [0.15, 0.2) is 18.2 Å². The average molecular weight is 606 g/mol. The van der Waals surface area contributed by atoms with Crippen molar-refractivity contribution in [1.29, 1.82) is 0 Å². The summed E-state index contributed by atoms with van der Waals surface area (Å²) in [7, 11) is 0.